The molecule has 0 fully saturated rings. The van der Waals surface area contributed by atoms with E-state index in [2.05, 4.69) is 21.7 Å². The highest BCUT2D eigenvalue weighted by molar-refractivity contribution is 5.96. The minimum Gasteiger partial charge on any atom is -0.493 e. The molecule has 0 heterocycles. The first-order valence-corrected chi connectivity index (χ1v) is 12.8. The van der Waals surface area contributed by atoms with Crippen molar-refractivity contribution in [3.05, 3.63) is 59.7 Å². The number of carbonyl (C=O) groups is 4. The van der Waals surface area contributed by atoms with Crippen LogP contribution in [0.25, 0.3) is 0 Å². The molecule has 0 saturated heterocycles. The zero-order valence-electron chi connectivity index (χ0n) is 22.5. The lowest BCUT2D eigenvalue weighted by atomic mass is 10.2. The quantitative estimate of drug-likeness (QED) is 0.233. The fraction of sp³-hybridized carbons (Fsp3) is 0.429. The Morgan fingerprint density at radius 3 is 1.24 bits per heavy atom. The Hall–Kier alpha value is -4.08. The van der Waals surface area contributed by atoms with Crippen molar-refractivity contribution in [2.24, 2.45) is 11.8 Å². The van der Waals surface area contributed by atoms with E-state index in [0.717, 1.165) is 0 Å². The van der Waals surface area contributed by atoms with Gasteiger partial charge in [-0.3, -0.25) is 40.9 Å². The predicted octanol–water partition coefficient (Wildman–Crippen LogP) is 3.54. The molecule has 206 valence electrons. The van der Waals surface area contributed by atoms with Crippen LogP contribution in [0.5, 0.6) is 11.5 Å². The Morgan fingerprint density at radius 1 is 0.579 bits per heavy atom. The van der Waals surface area contributed by atoms with E-state index in [1.165, 1.54) is 0 Å². The summed E-state index contributed by atoms with van der Waals surface area (Å²) in [6.07, 6.45) is 1.13. The van der Waals surface area contributed by atoms with Gasteiger partial charge in [-0.1, -0.05) is 27.7 Å². The van der Waals surface area contributed by atoms with E-state index in [9.17, 15) is 19.2 Å². The lowest BCUT2D eigenvalue weighted by molar-refractivity contribution is -0.123. The average molecular weight is 527 g/mol. The van der Waals surface area contributed by atoms with E-state index in [0.29, 0.717) is 60.5 Å². The van der Waals surface area contributed by atoms with Crippen LogP contribution in [0.1, 0.15) is 74.1 Å². The maximum Gasteiger partial charge on any atom is 0.269 e. The molecule has 2 aromatic rings. The van der Waals surface area contributed by atoms with Gasteiger partial charge >= 0.3 is 0 Å². The molecule has 0 spiro atoms. The number of carbonyl (C=O) groups excluding carboxylic acids is 4. The van der Waals surface area contributed by atoms with Crippen LogP contribution < -0.4 is 31.2 Å². The Morgan fingerprint density at radius 2 is 0.921 bits per heavy atom. The number of benzene rings is 2. The first-order chi connectivity index (χ1) is 18.1. The summed E-state index contributed by atoms with van der Waals surface area (Å²) in [6, 6.07) is 13.3. The van der Waals surface area contributed by atoms with Gasteiger partial charge in [0.15, 0.2) is 0 Å². The van der Waals surface area contributed by atoms with Crippen LogP contribution in [0.3, 0.4) is 0 Å². The van der Waals surface area contributed by atoms with Gasteiger partial charge in [0.1, 0.15) is 11.5 Å². The Labute approximate surface area is 223 Å². The van der Waals surface area contributed by atoms with Gasteiger partial charge in [-0.2, -0.15) is 0 Å². The number of nitrogens with one attached hydrogen (secondary N) is 4. The summed E-state index contributed by atoms with van der Waals surface area (Å²) in [5.41, 5.74) is 10.2. The van der Waals surface area contributed by atoms with Crippen LogP contribution in [0, 0.1) is 11.8 Å². The van der Waals surface area contributed by atoms with Crippen molar-refractivity contribution in [3.63, 3.8) is 0 Å². The van der Waals surface area contributed by atoms with Gasteiger partial charge in [0.25, 0.3) is 11.8 Å². The molecule has 0 aliphatic carbocycles. The number of unbranched alkanes of at least 4 members (excludes halogenated alkanes) is 1. The topological polar surface area (TPSA) is 135 Å². The molecular weight excluding hydrogens is 488 g/mol. The van der Waals surface area contributed by atoms with Crippen LogP contribution in [0.15, 0.2) is 48.5 Å². The van der Waals surface area contributed by atoms with Gasteiger partial charge in [0.2, 0.25) is 11.8 Å². The van der Waals surface area contributed by atoms with Crippen LogP contribution in [0.4, 0.5) is 0 Å². The second kappa shape index (κ2) is 15.9. The summed E-state index contributed by atoms with van der Waals surface area (Å²) < 4.78 is 11.2. The molecule has 10 heteroatoms. The van der Waals surface area contributed by atoms with E-state index >= 15 is 0 Å². The highest BCUT2D eigenvalue weighted by Crippen LogP contribution is 2.14. The van der Waals surface area contributed by atoms with E-state index in [1.54, 1.807) is 48.5 Å². The minimum absolute atomic E-state index is 0.132. The van der Waals surface area contributed by atoms with Gasteiger partial charge in [-0.05, 0) is 73.2 Å². The van der Waals surface area contributed by atoms with Gasteiger partial charge in [0.05, 0.1) is 13.2 Å². The van der Waals surface area contributed by atoms with E-state index in [1.807, 2.05) is 27.7 Å². The summed E-state index contributed by atoms with van der Waals surface area (Å²) in [4.78, 5) is 48.3. The number of ether oxygens (including phenoxy) is 2. The maximum absolute atomic E-state index is 12.2. The third-order valence-corrected chi connectivity index (χ3v) is 5.09. The molecule has 0 saturated carbocycles. The van der Waals surface area contributed by atoms with Crippen LogP contribution in [-0.4, -0.2) is 36.8 Å². The molecule has 38 heavy (non-hydrogen) atoms. The number of hydrogen-bond acceptors (Lipinski definition) is 6. The highest BCUT2D eigenvalue weighted by Gasteiger charge is 2.10. The van der Waals surface area contributed by atoms with Crippen LogP contribution in [0.2, 0.25) is 0 Å². The smallest absolute Gasteiger partial charge is 0.269 e. The van der Waals surface area contributed by atoms with Crippen molar-refractivity contribution in [2.75, 3.05) is 13.2 Å². The molecule has 0 radical (unpaired) electrons. The van der Waals surface area contributed by atoms with Crippen molar-refractivity contribution < 1.29 is 28.7 Å². The van der Waals surface area contributed by atoms with Gasteiger partial charge in [0, 0.05) is 24.0 Å². The van der Waals surface area contributed by atoms with Crippen molar-refractivity contribution in [1.29, 1.82) is 0 Å². The predicted molar refractivity (Wildman–Crippen MR) is 143 cm³/mol. The molecule has 0 aliphatic heterocycles. The molecule has 2 rings (SSSR count). The molecule has 0 unspecified atom stereocenters. The fourth-order valence-electron chi connectivity index (χ4n) is 3.02. The first kappa shape index (κ1) is 30.1. The summed E-state index contributed by atoms with van der Waals surface area (Å²) in [5.74, 6) is 0.506. The summed E-state index contributed by atoms with van der Waals surface area (Å²) >= 11 is 0. The van der Waals surface area contributed by atoms with E-state index in [-0.39, 0.29) is 24.7 Å². The Balaban J connectivity index is 1.58. The molecule has 10 nitrogen and oxygen atoms in total. The largest absolute Gasteiger partial charge is 0.493 e. The molecule has 2 aromatic carbocycles. The van der Waals surface area contributed by atoms with E-state index in [4.69, 9.17) is 9.47 Å². The van der Waals surface area contributed by atoms with Crippen molar-refractivity contribution in [3.8, 4) is 11.5 Å². The molecular formula is C28H38N4O6. The van der Waals surface area contributed by atoms with Crippen molar-refractivity contribution >= 4 is 23.6 Å². The number of rotatable bonds is 13. The minimum atomic E-state index is -0.443. The zero-order valence-corrected chi connectivity index (χ0v) is 22.5. The molecule has 0 bridgehead atoms. The third-order valence-electron chi connectivity index (χ3n) is 5.09. The summed E-state index contributed by atoms with van der Waals surface area (Å²) in [5, 5.41) is 0. The lowest BCUT2D eigenvalue weighted by Crippen LogP contribution is -2.42. The SMILES string of the molecule is CC(C)COc1ccc(C(=O)NNC(=O)CCCCC(=O)NNC(=O)c2ccc(OCC(C)C)cc2)cc1. The number of hydrogen-bond donors (Lipinski definition) is 4. The Bertz CT molecular complexity index is 967. The molecule has 0 aliphatic rings. The second-order valence-electron chi connectivity index (χ2n) is 9.67. The summed E-state index contributed by atoms with van der Waals surface area (Å²) in [6.45, 7) is 9.36. The fourth-order valence-corrected chi connectivity index (χ4v) is 3.02. The van der Waals surface area contributed by atoms with Gasteiger partial charge in [-0.15, -0.1) is 0 Å². The highest BCUT2D eigenvalue weighted by atomic mass is 16.5. The second-order valence-corrected chi connectivity index (χ2v) is 9.67. The van der Waals surface area contributed by atoms with Crippen molar-refractivity contribution in [2.45, 2.75) is 53.4 Å². The number of amides is 4. The monoisotopic (exact) mass is 526 g/mol. The maximum atomic E-state index is 12.2. The first-order valence-electron chi connectivity index (χ1n) is 12.8. The van der Waals surface area contributed by atoms with E-state index < -0.39 is 11.8 Å². The van der Waals surface area contributed by atoms with Crippen LogP contribution >= 0.6 is 0 Å². The zero-order chi connectivity index (χ0) is 27.9. The molecule has 4 N–H and O–H groups in total. The summed E-state index contributed by atoms with van der Waals surface area (Å²) in [7, 11) is 0. The normalized spacial score (nSPS) is 10.6. The standard InChI is InChI=1S/C28H38N4O6/c1-19(2)17-37-23-13-9-21(10-14-23)27(35)31-29-25(33)7-5-6-8-26(34)30-32-28(36)22-11-15-24(16-12-22)38-18-20(3)4/h9-16,19-20H,5-8,17-18H2,1-4H3,(H,29,33)(H,30,34)(H,31,35)(H,32,36). The molecule has 0 atom stereocenters. The molecule has 0 aromatic heterocycles. The van der Waals surface area contributed by atoms with Crippen LogP contribution in [-0.2, 0) is 9.59 Å². The Kier molecular flexibility index (Phi) is 12.6. The molecule has 4 amide bonds. The van der Waals surface area contributed by atoms with Gasteiger partial charge in [-0.25, -0.2) is 0 Å². The average Bonchev–Trinajstić information content (AvgIpc) is 2.90. The van der Waals surface area contributed by atoms with Crippen molar-refractivity contribution in [1.82, 2.24) is 21.7 Å². The van der Waals surface area contributed by atoms with Gasteiger partial charge < -0.3 is 9.47 Å². The lowest BCUT2D eigenvalue weighted by Gasteiger charge is -2.10. The number of hydrazine groups is 2. The third kappa shape index (κ3) is 11.8.